The number of amides is 1. The topological polar surface area (TPSA) is 73.9 Å². The molecule has 5 nitrogen and oxygen atoms in total. The van der Waals surface area contributed by atoms with Crippen LogP contribution in [0.2, 0.25) is 5.02 Å². The first-order valence-electron chi connectivity index (χ1n) is 8.00. The van der Waals surface area contributed by atoms with Crippen molar-refractivity contribution in [3.63, 3.8) is 0 Å². The predicted octanol–water partition coefficient (Wildman–Crippen LogP) is 4.12. The first-order chi connectivity index (χ1) is 12.6. The number of rotatable bonds is 7. The van der Waals surface area contributed by atoms with Crippen molar-refractivity contribution in [2.24, 2.45) is 10.7 Å². The smallest absolute Gasteiger partial charge is 0.286 e. The normalized spacial score (nSPS) is 15.2. The van der Waals surface area contributed by atoms with Gasteiger partial charge < -0.3 is 15.2 Å². The van der Waals surface area contributed by atoms with Crippen LogP contribution in [0.4, 0.5) is 0 Å². The van der Waals surface area contributed by atoms with E-state index in [2.05, 4.69) is 4.99 Å². The summed E-state index contributed by atoms with van der Waals surface area (Å²) in [6.07, 6.45) is 2.44. The fourth-order valence-electron chi connectivity index (χ4n) is 2.28. The summed E-state index contributed by atoms with van der Waals surface area (Å²) in [7, 11) is 0. The van der Waals surface area contributed by atoms with Crippen molar-refractivity contribution in [1.29, 1.82) is 0 Å². The number of halogens is 1. The zero-order chi connectivity index (χ0) is 18.4. The van der Waals surface area contributed by atoms with Crippen molar-refractivity contribution in [3.05, 3.63) is 64.0 Å². The summed E-state index contributed by atoms with van der Waals surface area (Å²) in [5, 5.41) is 0.849. The van der Waals surface area contributed by atoms with E-state index in [0.29, 0.717) is 41.1 Å². The van der Waals surface area contributed by atoms with Gasteiger partial charge in [-0.3, -0.25) is 4.79 Å². The molecular formula is C19H17ClN2O3S. The van der Waals surface area contributed by atoms with E-state index in [0.717, 1.165) is 17.3 Å². The lowest BCUT2D eigenvalue weighted by Crippen LogP contribution is -2.06. The number of carbonyl (C=O) groups excluding carboxylic acids is 1. The Kier molecular flexibility index (Phi) is 6.20. The van der Waals surface area contributed by atoms with Crippen LogP contribution in [-0.2, 0) is 4.79 Å². The van der Waals surface area contributed by atoms with Gasteiger partial charge >= 0.3 is 0 Å². The first kappa shape index (κ1) is 18.4. The third-order valence-corrected chi connectivity index (χ3v) is 4.61. The maximum atomic E-state index is 11.7. The summed E-state index contributed by atoms with van der Waals surface area (Å²) >= 11 is 7.21. The Bertz CT molecular complexity index is 867. The van der Waals surface area contributed by atoms with E-state index in [1.54, 1.807) is 12.1 Å². The summed E-state index contributed by atoms with van der Waals surface area (Å²) in [4.78, 5) is 15.9. The Morgan fingerprint density at radius 1 is 1.04 bits per heavy atom. The van der Waals surface area contributed by atoms with E-state index in [1.807, 2.05) is 42.5 Å². The minimum Gasteiger partial charge on any atom is -0.493 e. The van der Waals surface area contributed by atoms with Crippen LogP contribution in [-0.4, -0.2) is 24.3 Å². The van der Waals surface area contributed by atoms with E-state index in [-0.39, 0.29) is 11.1 Å². The molecule has 0 radical (unpaired) electrons. The molecular weight excluding hydrogens is 372 g/mol. The number of benzene rings is 2. The number of hydrogen-bond donors (Lipinski definition) is 1. The highest BCUT2D eigenvalue weighted by Crippen LogP contribution is 2.29. The number of hydrogen-bond acceptors (Lipinski definition) is 5. The van der Waals surface area contributed by atoms with E-state index < -0.39 is 0 Å². The molecule has 7 heteroatoms. The summed E-state index contributed by atoms with van der Waals surface area (Å²) in [5.74, 6) is 1.03. The molecule has 1 aliphatic heterocycles. The van der Waals surface area contributed by atoms with Crippen molar-refractivity contribution < 1.29 is 14.3 Å². The fourth-order valence-corrected chi connectivity index (χ4v) is 3.15. The lowest BCUT2D eigenvalue weighted by Gasteiger charge is -2.11. The molecule has 134 valence electrons. The molecule has 2 aromatic rings. The first-order valence-corrected chi connectivity index (χ1v) is 9.20. The summed E-state index contributed by atoms with van der Waals surface area (Å²) < 4.78 is 11.5. The van der Waals surface area contributed by atoms with Crippen molar-refractivity contribution in [2.75, 3.05) is 13.2 Å². The SMILES string of the molecule is NC1=NC(=O)/C(=C/c2ccccc2OCCCOc2ccccc2Cl)S1. The molecule has 0 bridgehead atoms. The molecule has 0 spiro atoms. The molecule has 0 saturated carbocycles. The van der Waals surface area contributed by atoms with Crippen LogP contribution >= 0.6 is 23.4 Å². The highest BCUT2D eigenvalue weighted by molar-refractivity contribution is 8.18. The minimum absolute atomic E-state index is 0.261. The van der Waals surface area contributed by atoms with Crippen molar-refractivity contribution in [1.82, 2.24) is 0 Å². The Labute approximate surface area is 160 Å². The number of ether oxygens (including phenoxy) is 2. The van der Waals surface area contributed by atoms with Gasteiger partial charge in [-0.15, -0.1) is 0 Å². The van der Waals surface area contributed by atoms with E-state index >= 15 is 0 Å². The molecule has 26 heavy (non-hydrogen) atoms. The molecule has 0 aromatic heterocycles. The van der Waals surface area contributed by atoms with Crippen molar-refractivity contribution in [3.8, 4) is 11.5 Å². The molecule has 3 rings (SSSR count). The highest BCUT2D eigenvalue weighted by Gasteiger charge is 2.20. The second kappa shape index (κ2) is 8.78. The highest BCUT2D eigenvalue weighted by atomic mass is 35.5. The average Bonchev–Trinajstić information content (AvgIpc) is 2.94. The lowest BCUT2D eigenvalue weighted by molar-refractivity contribution is -0.113. The van der Waals surface area contributed by atoms with Gasteiger partial charge in [0.2, 0.25) is 0 Å². The molecule has 0 atom stereocenters. The number of nitrogens with zero attached hydrogens (tertiary/aromatic N) is 1. The molecule has 2 N–H and O–H groups in total. The van der Waals surface area contributed by atoms with Crippen LogP contribution in [0, 0.1) is 0 Å². The van der Waals surface area contributed by atoms with Crippen LogP contribution in [0.15, 0.2) is 58.4 Å². The number of carbonyl (C=O) groups is 1. The number of para-hydroxylation sites is 2. The largest absolute Gasteiger partial charge is 0.493 e. The van der Waals surface area contributed by atoms with Gasteiger partial charge in [0.25, 0.3) is 5.91 Å². The predicted molar refractivity (Wildman–Crippen MR) is 106 cm³/mol. The van der Waals surface area contributed by atoms with E-state index in [9.17, 15) is 4.79 Å². The summed E-state index contributed by atoms with van der Waals surface area (Å²) in [6, 6.07) is 14.8. The van der Waals surface area contributed by atoms with Crippen molar-refractivity contribution in [2.45, 2.75) is 6.42 Å². The molecule has 0 fully saturated rings. The lowest BCUT2D eigenvalue weighted by atomic mass is 10.2. The molecule has 1 heterocycles. The Balaban J connectivity index is 1.54. The maximum Gasteiger partial charge on any atom is 0.286 e. The Morgan fingerprint density at radius 2 is 1.69 bits per heavy atom. The quantitative estimate of drug-likeness (QED) is 0.570. The average molecular weight is 389 g/mol. The van der Waals surface area contributed by atoms with E-state index in [4.69, 9.17) is 26.8 Å². The van der Waals surface area contributed by atoms with Gasteiger partial charge in [-0.25, -0.2) is 0 Å². The number of amidine groups is 1. The fraction of sp³-hybridized carbons (Fsp3) is 0.158. The molecule has 2 aromatic carbocycles. The minimum atomic E-state index is -0.324. The molecule has 0 saturated heterocycles. The second-order valence-electron chi connectivity index (χ2n) is 5.38. The van der Waals surface area contributed by atoms with Gasteiger partial charge in [0.1, 0.15) is 11.5 Å². The van der Waals surface area contributed by atoms with Gasteiger partial charge in [0, 0.05) is 12.0 Å². The van der Waals surface area contributed by atoms with Crippen LogP contribution in [0.1, 0.15) is 12.0 Å². The third-order valence-electron chi connectivity index (χ3n) is 3.48. The molecule has 0 unspecified atom stereocenters. The van der Waals surface area contributed by atoms with Gasteiger partial charge in [-0.1, -0.05) is 41.9 Å². The molecule has 1 aliphatic rings. The molecule has 0 aliphatic carbocycles. The van der Waals surface area contributed by atoms with Crippen LogP contribution < -0.4 is 15.2 Å². The third kappa shape index (κ3) is 4.80. The summed E-state index contributed by atoms with van der Waals surface area (Å²) in [5.41, 5.74) is 6.38. The number of nitrogens with two attached hydrogens (primary N) is 1. The van der Waals surface area contributed by atoms with Crippen LogP contribution in [0.3, 0.4) is 0 Å². The van der Waals surface area contributed by atoms with Crippen molar-refractivity contribution >= 4 is 40.5 Å². The second-order valence-corrected chi connectivity index (χ2v) is 6.85. The van der Waals surface area contributed by atoms with Gasteiger partial charge in [-0.05, 0) is 36.0 Å². The van der Waals surface area contributed by atoms with Gasteiger partial charge in [0.15, 0.2) is 5.17 Å². The standard InChI is InChI=1S/C19H17ClN2O3S/c20-14-7-2-4-9-16(14)25-11-5-10-24-15-8-3-1-6-13(15)12-17-18(23)22-19(21)26-17/h1-4,6-9,12H,5,10-11H2,(H2,21,22,23)/b17-12-. The Hall–Kier alpha value is -2.44. The van der Waals surface area contributed by atoms with Gasteiger partial charge in [-0.2, -0.15) is 4.99 Å². The van der Waals surface area contributed by atoms with E-state index in [1.165, 1.54) is 0 Å². The Morgan fingerprint density at radius 3 is 2.38 bits per heavy atom. The zero-order valence-electron chi connectivity index (χ0n) is 13.9. The monoisotopic (exact) mass is 388 g/mol. The van der Waals surface area contributed by atoms with Gasteiger partial charge in [0.05, 0.1) is 23.1 Å². The van der Waals surface area contributed by atoms with Crippen LogP contribution in [0.5, 0.6) is 11.5 Å². The zero-order valence-corrected chi connectivity index (χ0v) is 15.4. The maximum absolute atomic E-state index is 11.7. The number of aliphatic imine (C=N–C) groups is 1. The van der Waals surface area contributed by atoms with Crippen LogP contribution in [0.25, 0.3) is 6.08 Å². The molecule has 1 amide bonds. The number of thioether (sulfide) groups is 1. The summed E-state index contributed by atoms with van der Waals surface area (Å²) in [6.45, 7) is 0.968.